The van der Waals surface area contributed by atoms with E-state index >= 15 is 0 Å². The maximum Gasteiger partial charge on any atom is 0.198 e. The smallest absolute Gasteiger partial charge is 0.198 e. The van der Waals surface area contributed by atoms with Crippen LogP contribution in [0.4, 0.5) is 11.5 Å². The Morgan fingerprint density at radius 2 is 1.93 bits per heavy atom. The maximum atomic E-state index is 5.33. The van der Waals surface area contributed by atoms with Crippen LogP contribution in [-0.4, -0.2) is 15.0 Å². The number of aryl methyl sites for hydroxylation is 2. The third-order valence-corrected chi connectivity index (χ3v) is 5.26. The van der Waals surface area contributed by atoms with Crippen molar-refractivity contribution in [3.05, 3.63) is 89.3 Å². The van der Waals surface area contributed by atoms with Crippen LogP contribution in [0.3, 0.4) is 0 Å². The molecule has 2 aromatic carbocycles. The Kier molecular flexibility index (Phi) is 4.56. The third kappa shape index (κ3) is 3.76. The molecular formula is C24H22N4O. The summed E-state index contributed by atoms with van der Waals surface area (Å²) in [6.45, 7) is 2.09. The molecular weight excluding hydrogens is 360 g/mol. The van der Waals surface area contributed by atoms with Crippen molar-refractivity contribution in [2.45, 2.75) is 32.6 Å². The van der Waals surface area contributed by atoms with Gasteiger partial charge in [0.1, 0.15) is 12.1 Å². The second-order valence-electron chi connectivity index (χ2n) is 7.47. The highest BCUT2D eigenvalue weighted by Gasteiger charge is 2.20. The number of hydrogen-bond donors (Lipinski definition) is 1. The SMILES string of the molecule is Cc1cccc(-c2nc3c(c(Nc4ccc(Cc5ncco5)cc4)n2)CCC3)c1. The van der Waals surface area contributed by atoms with Crippen molar-refractivity contribution < 1.29 is 4.42 Å². The molecule has 0 amide bonds. The van der Waals surface area contributed by atoms with Gasteiger partial charge < -0.3 is 9.73 Å². The van der Waals surface area contributed by atoms with Crippen LogP contribution in [0.5, 0.6) is 0 Å². The van der Waals surface area contributed by atoms with Crippen molar-refractivity contribution in [2.24, 2.45) is 0 Å². The lowest BCUT2D eigenvalue weighted by Crippen LogP contribution is -2.04. The second kappa shape index (κ2) is 7.51. The van der Waals surface area contributed by atoms with E-state index in [4.69, 9.17) is 14.4 Å². The number of fused-ring (bicyclic) bond motifs is 1. The minimum absolute atomic E-state index is 0.688. The molecule has 0 atom stereocenters. The quantitative estimate of drug-likeness (QED) is 0.510. The fourth-order valence-electron chi connectivity index (χ4n) is 3.81. The third-order valence-electron chi connectivity index (χ3n) is 5.26. The van der Waals surface area contributed by atoms with E-state index in [-0.39, 0.29) is 0 Å². The summed E-state index contributed by atoms with van der Waals surface area (Å²) in [7, 11) is 0. The monoisotopic (exact) mass is 382 g/mol. The number of rotatable bonds is 5. The Labute approximate surface area is 169 Å². The Balaban J connectivity index is 1.43. The molecule has 1 aliphatic rings. The molecule has 2 heterocycles. The van der Waals surface area contributed by atoms with Crippen LogP contribution in [0.1, 0.15) is 34.7 Å². The van der Waals surface area contributed by atoms with Crippen LogP contribution < -0.4 is 5.32 Å². The van der Waals surface area contributed by atoms with E-state index in [1.54, 1.807) is 12.5 Å². The van der Waals surface area contributed by atoms with Gasteiger partial charge in [-0.25, -0.2) is 15.0 Å². The summed E-state index contributed by atoms with van der Waals surface area (Å²) in [6.07, 6.45) is 7.13. The number of hydrogen-bond acceptors (Lipinski definition) is 5. The minimum atomic E-state index is 0.688. The number of anilines is 2. The molecule has 0 fully saturated rings. The van der Waals surface area contributed by atoms with E-state index in [9.17, 15) is 0 Å². The lowest BCUT2D eigenvalue weighted by Gasteiger charge is -2.13. The molecule has 2 aromatic heterocycles. The molecule has 0 saturated heterocycles. The zero-order valence-electron chi connectivity index (χ0n) is 16.4. The molecule has 0 radical (unpaired) electrons. The van der Waals surface area contributed by atoms with Crippen molar-refractivity contribution in [1.82, 2.24) is 15.0 Å². The summed E-state index contributed by atoms with van der Waals surface area (Å²) >= 11 is 0. The molecule has 5 rings (SSSR count). The Morgan fingerprint density at radius 3 is 2.72 bits per heavy atom. The normalized spacial score (nSPS) is 12.7. The average molecular weight is 382 g/mol. The van der Waals surface area contributed by atoms with E-state index in [1.165, 1.54) is 16.8 Å². The second-order valence-corrected chi connectivity index (χ2v) is 7.47. The van der Waals surface area contributed by atoms with Crippen LogP contribution in [0, 0.1) is 6.92 Å². The van der Waals surface area contributed by atoms with Crippen LogP contribution in [0.25, 0.3) is 11.4 Å². The van der Waals surface area contributed by atoms with E-state index in [0.29, 0.717) is 6.42 Å². The van der Waals surface area contributed by atoms with Gasteiger partial charge in [-0.1, -0.05) is 35.9 Å². The molecule has 29 heavy (non-hydrogen) atoms. The molecule has 4 aromatic rings. The first-order chi connectivity index (χ1) is 14.2. The molecule has 0 spiro atoms. The molecule has 1 aliphatic carbocycles. The van der Waals surface area contributed by atoms with Gasteiger partial charge in [0.25, 0.3) is 0 Å². The van der Waals surface area contributed by atoms with Gasteiger partial charge in [0.15, 0.2) is 11.7 Å². The predicted octanol–water partition coefficient (Wildman–Crippen LogP) is 5.26. The van der Waals surface area contributed by atoms with Crippen molar-refractivity contribution in [1.29, 1.82) is 0 Å². The highest BCUT2D eigenvalue weighted by Crippen LogP contribution is 2.31. The number of benzene rings is 2. The van der Waals surface area contributed by atoms with E-state index in [2.05, 4.69) is 65.8 Å². The van der Waals surface area contributed by atoms with Crippen LogP contribution in [0.2, 0.25) is 0 Å². The van der Waals surface area contributed by atoms with E-state index in [0.717, 1.165) is 53.6 Å². The van der Waals surface area contributed by atoms with Gasteiger partial charge in [0.2, 0.25) is 0 Å². The number of aromatic nitrogens is 3. The Hall–Kier alpha value is -3.47. The molecule has 144 valence electrons. The molecule has 1 N–H and O–H groups in total. The predicted molar refractivity (Wildman–Crippen MR) is 113 cm³/mol. The topological polar surface area (TPSA) is 63.8 Å². The zero-order chi connectivity index (χ0) is 19.6. The van der Waals surface area contributed by atoms with Crippen molar-refractivity contribution in [2.75, 3.05) is 5.32 Å². The highest BCUT2D eigenvalue weighted by molar-refractivity contribution is 5.66. The van der Waals surface area contributed by atoms with Gasteiger partial charge in [0.05, 0.1) is 6.20 Å². The van der Waals surface area contributed by atoms with Gasteiger partial charge >= 0.3 is 0 Å². The molecule has 0 aliphatic heterocycles. The highest BCUT2D eigenvalue weighted by atomic mass is 16.3. The van der Waals surface area contributed by atoms with Crippen LogP contribution in [-0.2, 0) is 19.3 Å². The Morgan fingerprint density at radius 1 is 1.03 bits per heavy atom. The minimum Gasteiger partial charge on any atom is -0.449 e. The van der Waals surface area contributed by atoms with Crippen molar-refractivity contribution in [3.8, 4) is 11.4 Å². The summed E-state index contributed by atoms with van der Waals surface area (Å²) in [4.78, 5) is 13.9. The van der Waals surface area contributed by atoms with Gasteiger partial charge in [-0.15, -0.1) is 0 Å². The van der Waals surface area contributed by atoms with Gasteiger partial charge in [0, 0.05) is 28.9 Å². The first-order valence-corrected chi connectivity index (χ1v) is 9.96. The number of oxazole rings is 1. The van der Waals surface area contributed by atoms with E-state index < -0.39 is 0 Å². The molecule has 0 unspecified atom stereocenters. The summed E-state index contributed by atoms with van der Waals surface area (Å²) in [5.41, 5.74) is 6.85. The first-order valence-electron chi connectivity index (χ1n) is 9.96. The first kappa shape index (κ1) is 17.6. The molecule has 5 nitrogen and oxygen atoms in total. The molecule has 0 bridgehead atoms. The standard InChI is InChI=1S/C24H22N4O/c1-16-4-2-5-18(14-16)23-27-21-7-3-6-20(21)24(28-23)26-19-10-8-17(9-11-19)15-22-25-12-13-29-22/h2,4-5,8-14H,3,6-7,15H2,1H3,(H,26,27,28). The molecule has 5 heteroatoms. The number of nitrogens with one attached hydrogen (secondary N) is 1. The summed E-state index contributed by atoms with van der Waals surface area (Å²) in [6, 6.07) is 16.7. The van der Waals surface area contributed by atoms with Gasteiger partial charge in [-0.05, 0) is 49.9 Å². The maximum absolute atomic E-state index is 5.33. The number of nitrogens with zero attached hydrogens (tertiary/aromatic N) is 3. The summed E-state index contributed by atoms with van der Waals surface area (Å²) in [5.74, 6) is 2.43. The Bertz CT molecular complexity index is 1130. The zero-order valence-corrected chi connectivity index (χ0v) is 16.4. The van der Waals surface area contributed by atoms with Gasteiger partial charge in [-0.2, -0.15) is 0 Å². The molecule has 0 saturated carbocycles. The van der Waals surface area contributed by atoms with Crippen LogP contribution >= 0.6 is 0 Å². The largest absolute Gasteiger partial charge is 0.449 e. The fourth-order valence-corrected chi connectivity index (χ4v) is 3.81. The lowest BCUT2D eigenvalue weighted by atomic mass is 10.1. The fraction of sp³-hybridized carbons (Fsp3) is 0.208. The van der Waals surface area contributed by atoms with Gasteiger partial charge in [-0.3, -0.25) is 0 Å². The summed E-state index contributed by atoms with van der Waals surface area (Å²) in [5, 5.41) is 3.52. The van der Waals surface area contributed by atoms with Crippen molar-refractivity contribution in [3.63, 3.8) is 0 Å². The van der Waals surface area contributed by atoms with Crippen LogP contribution in [0.15, 0.2) is 65.4 Å². The van der Waals surface area contributed by atoms with E-state index in [1.807, 2.05) is 0 Å². The summed E-state index contributed by atoms with van der Waals surface area (Å²) < 4.78 is 5.33. The average Bonchev–Trinajstić information content (AvgIpc) is 3.41. The lowest BCUT2D eigenvalue weighted by molar-refractivity contribution is 0.507. The van der Waals surface area contributed by atoms with Crippen molar-refractivity contribution >= 4 is 11.5 Å².